The molecule has 7 heteroatoms. The third kappa shape index (κ3) is 2.88. The molecule has 2 aromatic heterocycles. The van der Waals surface area contributed by atoms with Gasteiger partial charge in [0.2, 0.25) is 0 Å². The Bertz CT molecular complexity index is 1180. The second-order valence-corrected chi connectivity index (χ2v) is 7.96. The molecule has 0 aliphatic carbocycles. The van der Waals surface area contributed by atoms with Gasteiger partial charge >= 0.3 is 5.97 Å². The zero-order chi connectivity index (χ0) is 19.1. The second-order valence-electron chi connectivity index (χ2n) is 6.79. The van der Waals surface area contributed by atoms with E-state index < -0.39 is 0 Å². The number of aromatic nitrogens is 4. The van der Waals surface area contributed by atoms with Crippen LogP contribution in [-0.2, 0) is 9.53 Å². The van der Waals surface area contributed by atoms with E-state index in [1.165, 1.54) is 11.8 Å². The normalized spacial score (nSPS) is 16.6. The minimum atomic E-state index is -0.247. The standard InChI is InChI=1S/C21H18N4O2S/c1-13-5-4-6-14(11-13)25-19(16-12-22-17-8-3-2-7-15(16)17)23-24-21(25)28-18-9-10-27-20(18)26/h2-8,11-12,18,22H,9-10H2,1H3/t18-/m1/s1. The Labute approximate surface area is 165 Å². The van der Waals surface area contributed by atoms with Crippen LogP contribution >= 0.6 is 11.8 Å². The third-order valence-corrected chi connectivity index (χ3v) is 6.05. The van der Waals surface area contributed by atoms with Gasteiger partial charge in [0.05, 0.1) is 6.61 Å². The fraction of sp³-hybridized carbons (Fsp3) is 0.190. The molecule has 3 heterocycles. The molecule has 0 radical (unpaired) electrons. The molecule has 0 unspecified atom stereocenters. The van der Waals surface area contributed by atoms with Crippen LogP contribution in [0.25, 0.3) is 28.0 Å². The monoisotopic (exact) mass is 390 g/mol. The average Bonchev–Trinajstić information content (AvgIpc) is 3.41. The van der Waals surface area contributed by atoms with E-state index >= 15 is 0 Å². The number of aryl methyl sites for hydroxylation is 1. The number of hydrogen-bond acceptors (Lipinski definition) is 5. The first-order valence-corrected chi connectivity index (χ1v) is 10.0. The molecule has 1 aliphatic rings. The SMILES string of the molecule is Cc1cccc(-n2c(S[C@@H]3CCOC3=O)nnc2-c2c[nH]c3ccccc23)c1. The number of cyclic esters (lactones) is 1. The van der Waals surface area contributed by atoms with E-state index in [4.69, 9.17) is 4.74 Å². The summed E-state index contributed by atoms with van der Waals surface area (Å²) in [6.45, 7) is 2.52. The second kappa shape index (κ2) is 6.83. The highest BCUT2D eigenvalue weighted by Crippen LogP contribution is 2.35. The Morgan fingerprint density at radius 2 is 2.07 bits per heavy atom. The molecule has 0 spiro atoms. The lowest BCUT2D eigenvalue weighted by atomic mass is 10.1. The van der Waals surface area contributed by atoms with E-state index in [0.717, 1.165) is 33.5 Å². The van der Waals surface area contributed by atoms with Gasteiger partial charge in [-0.1, -0.05) is 42.1 Å². The summed E-state index contributed by atoms with van der Waals surface area (Å²) in [6.07, 6.45) is 2.64. The maximum Gasteiger partial charge on any atom is 0.319 e. The summed E-state index contributed by atoms with van der Waals surface area (Å²) >= 11 is 1.41. The van der Waals surface area contributed by atoms with Crippen molar-refractivity contribution in [2.24, 2.45) is 0 Å². The molecule has 1 aliphatic heterocycles. The number of benzene rings is 2. The zero-order valence-electron chi connectivity index (χ0n) is 15.3. The third-order valence-electron chi connectivity index (χ3n) is 4.86. The van der Waals surface area contributed by atoms with E-state index in [1.807, 2.05) is 41.1 Å². The van der Waals surface area contributed by atoms with Crippen molar-refractivity contribution in [1.29, 1.82) is 0 Å². The Hall–Kier alpha value is -3.06. The van der Waals surface area contributed by atoms with Gasteiger partial charge < -0.3 is 9.72 Å². The van der Waals surface area contributed by atoms with Crippen molar-refractivity contribution in [2.75, 3.05) is 6.61 Å². The number of ether oxygens (including phenoxy) is 1. The van der Waals surface area contributed by atoms with Gasteiger partial charge in [-0.25, -0.2) is 0 Å². The van der Waals surface area contributed by atoms with Crippen LogP contribution in [0.1, 0.15) is 12.0 Å². The fourth-order valence-corrected chi connectivity index (χ4v) is 4.51. The Morgan fingerprint density at radius 1 is 1.18 bits per heavy atom. The number of carbonyl (C=O) groups is 1. The van der Waals surface area contributed by atoms with E-state index in [1.54, 1.807) is 0 Å². The van der Waals surface area contributed by atoms with Crippen LogP contribution in [0.5, 0.6) is 0 Å². The summed E-state index contributed by atoms with van der Waals surface area (Å²) in [5.74, 6) is 0.564. The van der Waals surface area contributed by atoms with Crippen LogP contribution in [0.4, 0.5) is 0 Å². The van der Waals surface area contributed by atoms with Crippen molar-refractivity contribution in [3.05, 3.63) is 60.3 Å². The van der Waals surface area contributed by atoms with E-state index in [2.05, 4.69) is 40.3 Å². The van der Waals surface area contributed by atoms with Gasteiger partial charge in [-0.2, -0.15) is 0 Å². The first-order chi connectivity index (χ1) is 13.7. The molecule has 140 valence electrons. The number of nitrogens with one attached hydrogen (secondary N) is 1. The van der Waals surface area contributed by atoms with Gasteiger partial charge in [0, 0.05) is 34.8 Å². The topological polar surface area (TPSA) is 72.8 Å². The van der Waals surface area contributed by atoms with Crippen molar-refractivity contribution in [1.82, 2.24) is 19.7 Å². The highest BCUT2D eigenvalue weighted by Gasteiger charge is 2.30. The van der Waals surface area contributed by atoms with Crippen molar-refractivity contribution < 1.29 is 9.53 Å². The smallest absolute Gasteiger partial charge is 0.319 e. The maximum atomic E-state index is 12.0. The van der Waals surface area contributed by atoms with Gasteiger partial charge in [0.1, 0.15) is 5.25 Å². The molecule has 6 nitrogen and oxygen atoms in total. The number of esters is 1. The summed E-state index contributed by atoms with van der Waals surface area (Å²) in [6, 6.07) is 16.3. The Balaban J connectivity index is 1.68. The summed E-state index contributed by atoms with van der Waals surface area (Å²) in [7, 11) is 0. The number of fused-ring (bicyclic) bond motifs is 1. The first-order valence-electron chi connectivity index (χ1n) is 9.13. The number of H-pyrrole nitrogens is 1. The van der Waals surface area contributed by atoms with Gasteiger partial charge in [0.15, 0.2) is 11.0 Å². The number of thioether (sulfide) groups is 1. The van der Waals surface area contributed by atoms with E-state index in [0.29, 0.717) is 18.2 Å². The van der Waals surface area contributed by atoms with Crippen molar-refractivity contribution >= 4 is 28.6 Å². The number of carbonyl (C=O) groups excluding carboxylic acids is 1. The molecular formula is C21H18N4O2S. The van der Waals surface area contributed by atoms with E-state index in [9.17, 15) is 4.79 Å². The highest BCUT2D eigenvalue weighted by molar-refractivity contribution is 8.00. The zero-order valence-corrected chi connectivity index (χ0v) is 16.1. The molecule has 1 N–H and O–H groups in total. The molecule has 0 bridgehead atoms. The maximum absolute atomic E-state index is 12.0. The van der Waals surface area contributed by atoms with Crippen LogP contribution in [-0.4, -0.2) is 37.6 Å². The van der Waals surface area contributed by atoms with Crippen LogP contribution in [0.3, 0.4) is 0 Å². The lowest BCUT2D eigenvalue weighted by Crippen LogP contribution is -2.11. The van der Waals surface area contributed by atoms with Crippen LogP contribution in [0.15, 0.2) is 59.9 Å². The lowest BCUT2D eigenvalue weighted by molar-refractivity contribution is -0.137. The number of rotatable bonds is 4. The minimum absolute atomic E-state index is 0.183. The summed E-state index contributed by atoms with van der Waals surface area (Å²) in [4.78, 5) is 15.3. The van der Waals surface area contributed by atoms with Crippen LogP contribution in [0, 0.1) is 6.92 Å². The van der Waals surface area contributed by atoms with Gasteiger partial charge in [-0.05, 0) is 30.7 Å². The molecular weight excluding hydrogens is 372 g/mol. The van der Waals surface area contributed by atoms with Gasteiger partial charge in [0.25, 0.3) is 0 Å². The number of para-hydroxylation sites is 1. The van der Waals surface area contributed by atoms with Gasteiger partial charge in [-0.15, -0.1) is 10.2 Å². The number of aromatic amines is 1. The first kappa shape index (κ1) is 17.1. The number of hydrogen-bond donors (Lipinski definition) is 1. The largest absolute Gasteiger partial charge is 0.465 e. The van der Waals surface area contributed by atoms with Crippen molar-refractivity contribution in [3.8, 4) is 17.1 Å². The molecule has 1 atom stereocenters. The average molecular weight is 390 g/mol. The molecule has 4 aromatic rings. The molecule has 2 aromatic carbocycles. The van der Waals surface area contributed by atoms with Gasteiger partial charge in [-0.3, -0.25) is 9.36 Å². The molecule has 5 rings (SSSR count). The quantitative estimate of drug-likeness (QED) is 0.531. The summed E-state index contributed by atoms with van der Waals surface area (Å²) in [5, 5.41) is 10.5. The molecule has 28 heavy (non-hydrogen) atoms. The molecule has 1 saturated heterocycles. The Kier molecular flexibility index (Phi) is 4.16. The summed E-state index contributed by atoms with van der Waals surface area (Å²) in [5.41, 5.74) is 4.14. The summed E-state index contributed by atoms with van der Waals surface area (Å²) < 4.78 is 7.14. The number of nitrogens with zero attached hydrogens (tertiary/aromatic N) is 3. The predicted molar refractivity (Wildman–Crippen MR) is 109 cm³/mol. The minimum Gasteiger partial charge on any atom is -0.465 e. The molecule has 1 fully saturated rings. The van der Waals surface area contributed by atoms with Crippen LogP contribution < -0.4 is 0 Å². The lowest BCUT2D eigenvalue weighted by Gasteiger charge is -2.12. The molecule has 0 saturated carbocycles. The Morgan fingerprint density at radius 3 is 2.89 bits per heavy atom. The van der Waals surface area contributed by atoms with Crippen molar-refractivity contribution in [2.45, 2.75) is 23.8 Å². The van der Waals surface area contributed by atoms with Crippen LogP contribution in [0.2, 0.25) is 0 Å². The predicted octanol–water partition coefficient (Wildman–Crippen LogP) is 4.13. The highest BCUT2D eigenvalue weighted by atomic mass is 32.2. The molecule has 0 amide bonds. The fourth-order valence-electron chi connectivity index (χ4n) is 3.49. The van der Waals surface area contributed by atoms with Crippen molar-refractivity contribution in [3.63, 3.8) is 0 Å². The van der Waals surface area contributed by atoms with E-state index in [-0.39, 0.29) is 11.2 Å².